The Morgan fingerprint density at radius 2 is 1.76 bits per heavy atom. The molecule has 1 aromatic rings. The van der Waals surface area contributed by atoms with Gasteiger partial charge in [0.05, 0.1) is 4.90 Å². The summed E-state index contributed by atoms with van der Waals surface area (Å²) in [5, 5.41) is 8.00. The van der Waals surface area contributed by atoms with Crippen LogP contribution in [0.25, 0.3) is 0 Å². The van der Waals surface area contributed by atoms with E-state index in [0.717, 1.165) is 38.3 Å². The maximum atomic E-state index is 12.2. The van der Waals surface area contributed by atoms with Crippen molar-refractivity contribution in [1.29, 1.82) is 0 Å². The normalized spacial score (nSPS) is 16.2. The van der Waals surface area contributed by atoms with Crippen molar-refractivity contribution < 1.29 is 13.2 Å². The molecule has 0 aliphatic carbocycles. The second kappa shape index (κ2) is 8.64. The Bertz CT molecular complexity index is 666. The molecular weight excluding hydrogens is 340 g/mol. The zero-order valence-corrected chi connectivity index (χ0v) is 15.8. The first-order valence-electron chi connectivity index (χ1n) is 8.62. The molecule has 140 valence electrons. The van der Waals surface area contributed by atoms with Crippen LogP contribution in [0.5, 0.6) is 0 Å². The highest BCUT2D eigenvalue weighted by Gasteiger charge is 2.20. The molecule has 0 spiro atoms. The largest absolute Gasteiger partial charge is 0.338 e. The van der Waals surface area contributed by atoms with E-state index in [-0.39, 0.29) is 10.9 Å². The first kappa shape index (κ1) is 19.7. The average Bonchev–Trinajstić information content (AvgIpc) is 2.54. The van der Waals surface area contributed by atoms with Crippen LogP contribution in [0.15, 0.2) is 29.2 Å². The van der Waals surface area contributed by atoms with E-state index < -0.39 is 10.0 Å². The van der Waals surface area contributed by atoms with Gasteiger partial charge in [-0.1, -0.05) is 26.0 Å². The maximum Gasteiger partial charge on any atom is 0.317 e. The van der Waals surface area contributed by atoms with Gasteiger partial charge in [-0.05, 0) is 30.0 Å². The van der Waals surface area contributed by atoms with E-state index >= 15 is 0 Å². The third-order valence-corrected chi connectivity index (χ3v) is 5.15. The number of urea groups is 1. The van der Waals surface area contributed by atoms with Crippen LogP contribution in [-0.4, -0.2) is 63.5 Å². The van der Waals surface area contributed by atoms with Crippen molar-refractivity contribution in [3.63, 3.8) is 0 Å². The van der Waals surface area contributed by atoms with Crippen LogP contribution >= 0.6 is 0 Å². The Labute approximate surface area is 150 Å². The number of carbonyl (C=O) groups is 1. The monoisotopic (exact) mass is 368 g/mol. The molecule has 1 heterocycles. The number of nitrogens with zero attached hydrogens (tertiary/aromatic N) is 2. The van der Waals surface area contributed by atoms with Gasteiger partial charge < -0.3 is 10.2 Å². The molecule has 0 bridgehead atoms. The van der Waals surface area contributed by atoms with Gasteiger partial charge in [0.2, 0.25) is 10.0 Å². The molecule has 0 atom stereocenters. The SMILES string of the molecule is CC(C)CN1CCN(C(=O)NCCc2ccc(S(N)(=O)=O)cc2)CC1. The minimum Gasteiger partial charge on any atom is -0.338 e. The van der Waals surface area contributed by atoms with Crippen LogP contribution in [0.1, 0.15) is 19.4 Å². The number of sulfonamides is 1. The van der Waals surface area contributed by atoms with Gasteiger partial charge in [-0.15, -0.1) is 0 Å². The van der Waals surface area contributed by atoms with Gasteiger partial charge in [0, 0.05) is 39.3 Å². The molecule has 0 aromatic heterocycles. The highest BCUT2D eigenvalue weighted by molar-refractivity contribution is 7.89. The van der Waals surface area contributed by atoms with E-state index in [4.69, 9.17) is 5.14 Å². The highest BCUT2D eigenvalue weighted by Crippen LogP contribution is 2.09. The van der Waals surface area contributed by atoms with Crippen LogP contribution < -0.4 is 10.5 Å². The summed E-state index contributed by atoms with van der Waals surface area (Å²) in [6.45, 7) is 9.33. The van der Waals surface area contributed by atoms with Crippen molar-refractivity contribution in [3.05, 3.63) is 29.8 Å². The summed E-state index contributed by atoms with van der Waals surface area (Å²) in [4.78, 5) is 16.5. The van der Waals surface area contributed by atoms with E-state index in [0.29, 0.717) is 18.9 Å². The minimum atomic E-state index is -3.66. The number of hydrogen-bond acceptors (Lipinski definition) is 4. The van der Waals surface area contributed by atoms with E-state index in [9.17, 15) is 13.2 Å². The first-order valence-corrected chi connectivity index (χ1v) is 10.2. The molecule has 2 rings (SSSR count). The minimum absolute atomic E-state index is 0.0367. The van der Waals surface area contributed by atoms with Crippen LogP contribution in [-0.2, 0) is 16.4 Å². The third-order valence-electron chi connectivity index (χ3n) is 4.22. The lowest BCUT2D eigenvalue weighted by Crippen LogP contribution is -2.52. The molecule has 1 aromatic carbocycles. The lowest BCUT2D eigenvalue weighted by molar-refractivity contribution is 0.131. The van der Waals surface area contributed by atoms with Gasteiger partial charge in [-0.2, -0.15) is 0 Å². The second-order valence-electron chi connectivity index (χ2n) is 6.85. The van der Waals surface area contributed by atoms with E-state index in [1.54, 1.807) is 12.1 Å². The number of carbonyl (C=O) groups excluding carboxylic acids is 1. The second-order valence-corrected chi connectivity index (χ2v) is 8.41. The Morgan fingerprint density at radius 1 is 1.16 bits per heavy atom. The Morgan fingerprint density at radius 3 is 2.28 bits per heavy atom. The molecule has 0 saturated carbocycles. The lowest BCUT2D eigenvalue weighted by atomic mass is 10.1. The molecule has 1 saturated heterocycles. The van der Waals surface area contributed by atoms with Crippen LogP contribution in [0.3, 0.4) is 0 Å². The molecule has 1 aliphatic heterocycles. The topological polar surface area (TPSA) is 95.7 Å². The van der Waals surface area contributed by atoms with Crippen molar-refractivity contribution in [1.82, 2.24) is 15.1 Å². The molecule has 0 unspecified atom stereocenters. The maximum absolute atomic E-state index is 12.2. The van der Waals surface area contributed by atoms with Crippen molar-refractivity contribution in [2.24, 2.45) is 11.1 Å². The quantitative estimate of drug-likeness (QED) is 0.778. The van der Waals surface area contributed by atoms with Crippen LogP contribution in [0, 0.1) is 5.92 Å². The smallest absolute Gasteiger partial charge is 0.317 e. The molecule has 8 heteroatoms. The standard InChI is InChI=1S/C17H28N4O3S/c1-14(2)13-20-9-11-21(12-10-20)17(22)19-8-7-15-3-5-16(6-4-15)25(18,23)24/h3-6,14H,7-13H2,1-2H3,(H,19,22)(H2,18,23,24). The van der Waals surface area contributed by atoms with Crippen LogP contribution in [0.4, 0.5) is 4.79 Å². The molecule has 1 aliphatic rings. The molecule has 1 fully saturated rings. The average molecular weight is 369 g/mol. The fraction of sp³-hybridized carbons (Fsp3) is 0.588. The van der Waals surface area contributed by atoms with Crippen molar-refractivity contribution >= 4 is 16.1 Å². The van der Waals surface area contributed by atoms with Gasteiger partial charge in [0.25, 0.3) is 0 Å². The molecule has 2 amide bonds. The Hall–Kier alpha value is -1.64. The number of hydrogen-bond donors (Lipinski definition) is 2. The van der Waals surface area contributed by atoms with Gasteiger partial charge in [0.1, 0.15) is 0 Å². The number of piperazine rings is 1. The van der Waals surface area contributed by atoms with Crippen molar-refractivity contribution in [2.75, 3.05) is 39.3 Å². The van der Waals surface area contributed by atoms with E-state index in [1.165, 1.54) is 12.1 Å². The molecule has 0 radical (unpaired) electrons. The van der Waals surface area contributed by atoms with Gasteiger partial charge >= 0.3 is 6.03 Å². The van der Waals surface area contributed by atoms with Gasteiger partial charge in [-0.25, -0.2) is 18.4 Å². The van der Waals surface area contributed by atoms with Gasteiger partial charge in [-0.3, -0.25) is 4.90 Å². The van der Waals surface area contributed by atoms with E-state index in [2.05, 4.69) is 24.1 Å². The van der Waals surface area contributed by atoms with Gasteiger partial charge in [0.15, 0.2) is 0 Å². The predicted octanol–water partition coefficient (Wildman–Crippen LogP) is 0.860. The molecule has 25 heavy (non-hydrogen) atoms. The summed E-state index contributed by atoms with van der Waals surface area (Å²) >= 11 is 0. The van der Waals surface area contributed by atoms with E-state index in [1.807, 2.05) is 4.90 Å². The zero-order valence-electron chi connectivity index (χ0n) is 14.9. The predicted molar refractivity (Wildman–Crippen MR) is 97.8 cm³/mol. The van der Waals surface area contributed by atoms with Crippen LogP contribution in [0.2, 0.25) is 0 Å². The zero-order chi connectivity index (χ0) is 18.4. The summed E-state index contributed by atoms with van der Waals surface area (Å²) in [5.74, 6) is 0.640. The fourth-order valence-electron chi connectivity index (χ4n) is 2.92. The fourth-order valence-corrected chi connectivity index (χ4v) is 3.44. The first-order chi connectivity index (χ1) is 11.8. The van der Waals surface area contributed by atoms with Crippen molar-refractivity contribution in [2.45, 2.75) is 25.2 Å². The number of amides is 2. The summed E-state index contributed by atoms with van der Waals surface area (Å²) in [5.41, 5.74) is 0.953. The number of nitrogens with one attached hydrogen (secondary N) is 1. The molecule has 3 N–H and O–H groups in total. The summed E-state index contributed by atoms with van der Waals surface area (Å²) in [6.07, 6.45) is 0.643. The molecular formula is C17H28N4O3S. The number of rotatable bonds is 6. The molecule has 7 nitrogen and oxygen atoms in total. The third kappa shape index (κ3) is 6.30. The number of nitrogens with two attached hydrogens (primary N) is 1. The highest BCUT2D eigenvalue weighted by atomic mass is 32.2. The number of benzene rings is 1. The Kier molecular flexibility index (Phi) is 6.80. The number of primary sulfonamides is 1. The summed E-state index contributed by atoms with van der Waals surface area (Å²) < 4.78 is 22.4. The lowest BCUT2D eigenvalue weighted by Gasteiger charge is -2.35. The summed E-state index contributed by atoms with van der Waals surface area (Å²) in [7, 11) is -3.66. The Balaban J connectivity index is 1.72. The van der Waals surface area contributed by atoms with Crippen molar-refractivity contribution in [3.8, 4) is 0 Å². The summed E-state index contributed by atoms with van der Waals surface area (Å²) in [6, 6.07) is 6.37.